The number of carbonyl (C=O) groups excluding carboxylic acids is 1. The van der Waals surface area contributed by atoms with Crippen molar-refractivity contribution in [3.05, 3.63) is 65.0 Å². The smallest absolute Gasteiger partial charge is 0.254 e. The largest absolute Gasteiger partial charge is 0.340 e. The number of carbonyl (C=O) groups is 1. The number of nitrogens with zero attached hydrogens (tertiary/aromatic N) is 2. The summed E-state index contributed by atoms with van der Waals surface area (Å²) in [6.45, 7) is 4.90. The number of imidazole rings is 1. The van der Waals surface area contributed by atoms with E-state index in [9.17, 15) is 4.79 Å². The van der Waals surface area contributed by atoms with Gasteiger partial charge < -0.3 is 9.88 Å². The van der Waals surface area contributed by atoms with Gasteiger partial charge in [0.1, 0.15) is 5.82 Å². The Kier molecular flexibility index (Phi) is 3.60. The van der Waals surface area contributed by atoms with Crippen LogP contribution in [0.1, 0.15) is 46.2 Å². The summed E-state index contributed by atoms with van der Waals surface area (Å²) in [5.41, 5.74) is 5.11. The maximum absolute atomic E-state index is 13.0. The van der Waals surface area contributed by atoms with Gasteiger partial charge >= 0.3 is 0 Å². The number of hydrogen-bond acceptors (Lipinski definition) is 2. The van der Waals surface area contributed by atoms with Crippen LogP contribution in [0.2, 0.25) is 0 Å². The normalized spacial score (nSPS) is 17.6. The molecule has 4 heteroatoms. The summed E-state index contributed by atoms with van der Waals surface area (Å²) in [6.07, 6.45) is 1.97. The fourth-order valence-electron chi connectivity index (χ4n) is 3.46. The van der Waals surface area contributed by atoms with Crippen LogP contribution in [0.5, 0.6) is 0 Å². The summed E-state index contributed by atoms with van der Waals surface area (Å²) < 4.78 is 0. The number of benzene rings is 2. The lowest BCUT2D eigenvalue weighted by atomic mass is 10.1. The molecule has 1 atom stereocenters. The van der Waals surface area contributed by atoms with Gasteiger partial charge in [0, 0.05) is 12.1 Å². The molecule has 1 aliphatic heterocycles. The molecule has 2 heterocycles. The first-order valence-corrected chi connectivity index (χ1v) is 8.46. The van der Waals surface area contributed by atoms with E-state index in [1.807, 2.05) is 54.3 Å². The minimum Gasteiger partial charge on any atom is -0.340 e. The third-order valence-corrected chi connectivity index (χ3v) is 4.99. The summed E-state index contributed by atoms with van der Waals surface area (Å²) in [4.78, 5) is 23.0. The van der Waals surface area contributed by atoms with Crippen LogP contribution in [0.3, 0.4) is 0 Å². The standard InChI is InChI=1S/C20H21N3O/c1-13-9-10-15(12-14(13)2)20(24)23-11-5-8-18(23)19-21-16-6-3-4-7-17(16)22-19/h3-4,6-7,9-10,12,18H,5,8,11H2,1-2H3,(H,21,22). The number of aromatic nitrogens is 2. The molecule has 4 nitrogen and oxygen atoms in total. The Labute approximate surface area is 141 Å². The maximum Gasteiger partial charge on any atom is 0.254 e. The van der Waals surface area contributed by atoms with Crippen molar-refractivity contribution in [1.29, 1.82) is 0 Å². The number of nitrogens with one attached hydrogen (secondary N) is 1. The number of rotatable bonds is 2. The number of hydrogen-bond donors (Lipinski definition) is 1. The predicted molar refractivity (Wildman–Crippen MR) is 95.0 cm³/mol. The molecule has 4 rings (SSSR count). The van der Waals surface area contributed by atoms with E-state index in [-0.39, 0.29) is 11.9 Å². The molecule has 1 unspecified atom stereocenters. The molecule has 1 saturated heterocycles. The number of para-hydroxylation sites is 2. The second kappa shape index (κ2) is 5.78. The van der Waals surface area contributed by atoms with Crippen LogP contribution in [-0.4, -0.2) is 27.3 Å². The first-order valence-electron chi connectivity index (χ1n) is 8.46. The lowest BCUT2D eigenvalue weighted by Crippen LogP contribution is -2.31. The third kappa shape index (κ3) is 2.48. The van der Waals surface area contributed by atoms with Gasteiger partial charge in [0.25, 0.3) is 5.91 Å². The van der Waals surface area contributed by atoms with Gasteiger partial charge in [-0.1, -0.05) is 18.2 Å². The first-order chi connectivity index (χ1) is 11.6. The first kappa shape index (κ1) is 14.9. The number of aryl methyl sites for hydroxylation is 2. The number of likely N-dealkylation sites (tertiary alicyclic amines) is 1. The van der Waals surface area contributed by atoms with Crippen molar-refractivity contribution in [1.82, 2.24) is 14.9 Å². The molecule has 0 aliphatic carbocycles. The molecule has 0 bridgehead atoms. The van der Waals surface area contributed by atoms with Crippen molar-refractivity contribution in [3.8, 4) is 0 Å². The molecule has 1 amide bonds. The summed E-state index contributed by atoms with van der Waals surface area (Å²) in [5.74, 6) is 0.993. The van der Waals surface area contributed by atoms with Gasteiger partial charge in [-0.2, -0.15) is 0 Å². The predicted octanol–water partition coefficient (Wildman–Crippen LogP) is 4.16. The van der Waals surface area contributed by atoms with Crippen LogP contribution in [0.4, 0.5) is 0 Å². The van der Waals surface area contributed by atoms with Crippen molar-refractivity contribution in [3.63, 3.8) is 0 Å². The van der Waals surface area contributed by atoms with Gasteiger partial charge in [0.2, 0.25) is 0 Å². The summed E-state index contributed by atoms with van der Waals surface area (Å²) in [7, 11) is 0. The molecule has 1 aromatic heterocycles. The van der Waals surface area contributed by atoms with E-state index in [1.54, 1.807) is 0 Å². The average Bonchev–Trinajstić information content (AvgIpc) is 3.22. The molecule has 1 aliphatic rings. The highest BCUT2D eigenvalue weighted by atomic mass is 16.2. The minimum absolute atomic E-state index is 0.0338. The average molecular weight is 319 g/mol. The van der Waals surface area contributed by atoms with Crippen molar-refractivity contribution in [2.45, 2.75) is 32.7 Å². The zero-order valence-corrected chi connectivity index (χ0v) is 14.0. The van der Waals surface area contributed by atoms with Gasteiger partial charge in [0.15, 0.2) is 0 Å². The maximum atomic E-state index is 13.0. The highest BCUT2D eigenvalue weighted by Crippen LogP contribution is 2.32. The third-order valence-electron chi connectivity index (χ3n) is 4.99. The van der Waals surface area contributed by atoms with Crippen LogP contribution in [-0.2, 0) is 0 Å². The quantitative estimate of drug-likeness (QED) is 0.771. The van der Waals surface area contributed by atoms with Crippen LogP contribution < -0.4 is 0 Å². The van der Waals surface area contributed by atoms with E-state index in [0.717, 1.165) is 47.4 Å². The van der Waals surface area contributed by atoms with Crippen molar-refractivity contribution >= 4 is 16.9 Å². The Bertz CT molecular complexity index is 879. The topological polar surface area (TPSA) is 49.0 Å². The molecule has 1 fully saturated rings. The molecule has 24 heavy (non-hydrogen) atoms. The Balaban J connectivity index is 1.66. The monoisotopic (exact) mass is 319 g/mol. The molecule has 1 N–H and O–H groups in total. The van der Waals surface area contributed by atoms with E-state index in [4.69, 9.17) is 4.98 Å². The Hall–Kier alpha value is -2.62. The minimum atomic E-state index is 0.0338. The fraction of sp³-hybridized carbons (Fsp3) is 0.300. The summed E-state index contributed by atoms with van der Waals surface area (Å²) >= 11 is 0. The van der Waals surface area contributed by atoms with Crippen molar-refractivity contribution in [2.75, 3.05) is 6.54 Å². The van der Waals surface area contributed by atoms with Crippen LogP contribution >= 0.6 is 0 Å². The summed E-state index contributed by atoms with van der Waals surface area (Å²) in [5, 5.41) is 0. The second-order valence-corrected chi connectivity index (χ2v) is 6.59. The van der Waals surface area contributed by atoms with Gasteiger partial charge in [-0.3, -0.25) is 4.79 Å². The van der Waals surface area contributed by atoms with E-state index >= 15 is 0 Å². The lowest BCUT2D eigenvalue weighted by Gasteiger charge is -2.23. The molecule has 3 aromatic rings. The molecule has 122 valence electrons. The van der Waals surface area contributed by atoms with E-state index in [0.29, 0.717) is 0 Å². The zero-order valence-electron chi connectivity index (χ0n) is 14.0. The SMILES string of the molecule is Cc1ccc(C(=O)N2CCCC2c2nc3ccccc3[nH]2)cc1C. The number of H-pyrrole nitrogens is 1. The van der Waals surface area contributed by atoms with Gasteiger partial charge in [-0.15, -0.1) is 0 Å². The number of fused-ring (bicyclic) bond motifs is 1. The molecule has 0 spiro atoms. The van der Waals surface area contributed by atoms with Crippen LogP contribution in [0, 0.1) is 13.8 Å². The number of amides is 1. The van der Waals surface area contributed by atoms with E-state index < -0.39 is 0 Å². The molecular weight excluding hydrogens is 298 g/mol. The highest BCUT2D eigenvalue weighted by Gasteiger charge is 2.32. The van der Waals surface area contributed by atoms with Crippen molar-refractivity contribution < 1.29 is 4.79 Å². The molecular formula is C20H21N3O. The Morgan fingerprint density at radius 3 is 2.79 bits per heavy atom. The van der Waals surface area contributed by atoms with Crippen molar-refractivity contribution in [2.24, 2.45) is 0 Å². The van der Waals surface area contributed by atoms with E-state index in [2.05, 4.69) is 11.9 Å². The van der Waals surface area contributed by atoms with Gasteiger partial charge in [-0.25, -0.2) is 4.98 Å². The van der Waals surface area contributed by atoms with Gasteiger partial charge in [0.05, 0.1) is 17.1 Å². The number of aromatic amines is 1. The fourth-order valence-corrected chi connectivity index (χ4v) is 3.46. The summed E-state index contributed by atoms with van der Waals surface area (Å²) in [6, 6.07) is 14.0. The van der Waals surface area contributed by atoms with Crippen LogP contribution in [0.25, 0.3) is 11.0 Å². The molecule has 2 aromatic carbocycles. The second-order valence-electron chi connectivity index (χ2n) is 6.59. The molecule has 0 saturated carbocycles. The van der Waals surface area contributed by atoms with E-state index in [1.165, 1.54) is 5.56 Å². The Morgan fingerprint density at radius 2 is 2.00 bits per heavy atom. The Morgan fingerprint density at radius 1 is 1.17 bits per heavy atom. The highest BCUT2D eigenvalue weighted by molar-refractivity contribution is 5.95. The zero-order chi connectivity index (χ0) is 16.7. The van der Waals surface area contributed by atoms with Crippen LogP contribution in [0.15, 0.2) is 42.5 Å². The molecule has 0 radical (unpaired) electrons. The lowest BCUT2D eigenvalue weighted by molar-refractivity contribution is 0.0730. The van der Waals surface area contributed by atoms with Gasteiger partial charge in [-0.05, 0) is 62.1 Å².